The van der Waals surface area contributed by atoms with E-state index in [9.17, 15) is 4.79 Å². The zero-order valence-electron chi connectivity index (χ0n) is 14.6. The summed E-state index contributed by atoms with van der Waals surface area (Å²) in [6.07, 6.45) is 1.22. The van der Waals surface area contributed by atoms with E-state index in [4.69, 9.17) is 14.2 Å². The van der Waals surface area contributed by atoms with Crippen LogP contribution < -0.4 is 9.47 Å². The Morgan fingerprint density at radius 2 is 1.56 bits per heavy atom. The fourth-order valence-corrected chi connectivity index (χ4v) is 4.18. The van der Waals surface area contributed by atoms with Crippen LogP contribution in [0.1, 0.15) is 34.3 Å². The minimum absolute atomic E-state index is 0.0204. The lowest BCUT2D eigenvalue weighted by molar-refractivity contribution is 0.0669. The van der Waals surface area contributed by atoms with E-state index in [1.54, 1.807) is 14.2 Å². The molecule has 2 aliphatic heterocycles. The number of benzene rings is 2. The van der Waals surface area contributed by atoms with Crippen molar-refractivity contribution < 1.29 is 19.0 Å². The summed E-state index contributed by atoms with van der Waals surface area (Å²) in [5, 5.41) is 0. The molecule has 130 valence electrons. The molecule has 2 bridgehead atoms. The number of hydrogen-bond donors (Lipinski definition) is 0. The van der Waals surface area contributed by atoms with E-state index >= 15 is 0 Å². The molecule has 0 N–H and O–H groups in total. The van der Waals surface area contributed by atoms with Crippen molar-refractivity contribution in [3.05, 3.63) is 58.7 Å². The van der Waals surface area contributed by atoms with Gasteiger partial charge in [0.05, 0.1) is 33.4 Å². The van der Waals surface area contributed by atoms with Crippen LogP contribution in [0.15, 0.2) is 36.4 Å². The van der Waals surface area contributed by atoms with E-state index in [1.165, 1.54) is 23.8 Å². The summed E-state index contributed by atoms with van der Waals surface area (Å²) in [7, 11) is 4.71. The quantitative estimate of drug-likeness (QED) is 0.838. The van der Waals surface area contributed by atoms with Crippen LogP contribution >= 0.6 is 0 Å². The van der Waals surface area contributed by atoms with E-state index in [1.807, 2.05) is 23.1 Å². The van der Waals surface area contributed by atoms with Crippen molar-refractivity contribution in [1.82, 2.24) is 4.90 Å². The van der Waals surface area contributed by atoms with Crippen LogP contribution in [0.3, 0.4) is 0 Å². The molecule has 2 unspecified atom stereocenters. The Hall–Kier alpha value is -2.69. The van der Waals surface area contributed by atoms with Crippen molar-refractivity contribution in [3.63, 3.8) is 0 Å². The summed E-state index contributed by atoms with van der Waals surface area (Å²) in [5.41, 5.74) is 4.79. The predicted molar refractivity (Wildman–Crippen MR) is 93.1 cm³/mol. The third-order valence-corrected chi connectivity index (χ3v) is 5.30. The SMILES string of the molecule is COC(=O)N1C2Cc3cc(OC)c(OC)cc3C1Cc1ccccc12. The second kappa shape index (κ2) is 5.99. The average Bonchev–Trinajstić information content (AvgIpc) is 2.66. The van der Waals surface area contributed by atoms with Crippen molar-refractivity contribution in [3.8, 4) is 11.5 Å². The molecule has 0 fully saturated rings. The topological polar surface area (TPSA) is 48.0 Å². The first kappa shape index (κ1) is 15.8. The van der Waals surface area contributed by atoms with Crippen molar-refractivity contribution in [1.29, 1.82) is 0 Å². The highest BCUT2D eigenvalue weighted by Crippen LogP contribution is 2.49. The van der Waals surface area contributed by atoms with Crippen molar-refractivity contribution in [2.75, 3.05) is 21.3 Å². The van der Waals surface area contributed by atoms with Crippen LogP contribution in [0.5, 0.6) is 11.5 Å². The predicted octanol–water partition coefficient (Wildman–Crippen LogP) is 3.67. The Morgan fingerprint density at radius 3 is 2.28 bits per heavy atom. The highest BCUT2D eigenvalue weighted by molar-refractivity contribution is 5.71. The van der Waals surface area contributed by atoms with E-state index < -0.39 is 0 Å². The van der Waals surface area contributed by atoms with Crippen LogP contribution in [0, 0.1) is 0 Å². The zero-order valence-corrected chi connectivity index (χ0v) is 14.6. The van der Waals surface area contributed by atoms with Crippen LogP contribution in [0.25, 0.3) is 0 Å². The van der Waals surface area contributed by atoms with Gasteiger partial charge in [0.1, 0.15) is 0 Å². The molecule has 4 rings (SSSR count). The summed E-state index contributed by atoms with van der Waals surface area (Å²) in [6.45, 7) is 0. The normalized spacial score (nSPS) is 20.4. The van der Waals surface area contributed by atoms with Crippen molar-refractivity contribution >= 4 is 6.09 Å². The summed E-state index contributed by atoms with van der Waals surface area (Å²) >= 11 is 0. The molecule has 0 aliphatic carbocycles. The maximum atomic E-state index is 12.5. The van der Waals surface area contributed by atoms with E-state index in [0.717, 1.165) is 24.2 Å². The van der Waals surface area contributed by atoms with Gasteiger partial charge in [0, 0.05) is 0 Å². The number of carbonyl (C=O) groups excluding carboxylic acids is 1. The second-order valence-corrected chi connectivity index (χ2v) is 6.42. The van der Waals surface area contributed by atoms with Crippen molar-refractivity contribution in [2.24, 2.45) is 0 Å². The molecule has 1 amide bonds. The molecule has 0 saturated heterocycles. The summed E-state index contributed by atoms with van der Waals surface area (Å²) in [5.74, 6) is 1.41. The highest BCUT2D eigenvalue weighted by Gasteiger charge is 2.43. The maximum absolute atomic E-state index is 12.5. The number of methoxy groups -OCH3 is 3. The largest absolute Gasteiger partial charge is 0.493 e. The number of nitrogens with zero attached hydrogens (tertiary/aromatic N) is 1. The molecule has 25 heavy (non-hydrogen) atoms. The number of fused-ring (bicyclic) bond motifs is 6. The average molecular weight is 339 g/mol. The second-order valence-electron chi connectivity index (χ2n) is 6.42. The summed E-state index contributed by atoms with van der Waals surface area (Å²) < 4.78 is 16.0. The fourth-order valence-electron chi connectivity index (χ4n) is 4.18. The van der Waals surface area contributed by atoms with Crippen LogP contribution in [0.4, 0.5) is 4.79 Å². The molecule has 5 nitrogen and oxygen atoms in total. The standard InChI is InChI=1S/C20H21NO4/c1-23-18-10-13-9-16-14-7-5-4-6-12(14)8-17(21(16)20(22)25-3)15(13)11-19(18)24-2/h4-7,10-11,16-17H,8-9H2,1-3H3. The minimum Gasteiger partial charge on any atom is -0.493 e. The van der Waals surface area contributed by atoms with Gasteiger partial charge in [-0.3, -0.25) is 4.90 Å². The Morgan fingerprint density at radius 1 is 0.920 bits per heavy atom. The Bertz CT molecular complexity index is 832. The number of ether oxygens (including phenoxy) is 3. The molecule has 0 aromatic heterocycles. The molecule has 2 heterocycles. The van der Waals surface area contributed by atoms with Gasteiger partial charge in [-0.25, -0.2) is 4.79 Å². The Labute approximate surface area is 147 Å². The van der Waals surface area contributed by atoms with E-state index in [2.05, 4.69) is 18.2 Å². The van der Waals surface area contributed by atoms with Crippen molar-refractivity contribution in [2.45, 2.75) is 24.9 Å². The van der Waals surface area contributed by atoms with E-state index in [-0.39, 0.29) is 18.2 Å². The molecule has 2 aromatic rings. The van der Waals surface area contributed by atoms with Gasteiger partial charge < -0.3 is 14.2 Å². The molecule has 0 spiro atoms. The van der Waals surface area contributed by atoms with E-state index in [0.29, 0.717) is 5.75 Å². The first-order chi connectivity index (χ1) is 12.2. The summed E-state index contributed by atoms with van der Waals surface area (Å²) in [6, 6.07) is 12.3. The molecular formula is C20H21NO4. The van der Waals surface area contributed by atoms with Gasteiger partial charge in [-0.05, 0) is 47.2 Å². The van der Waals surface area contributed by atoms with Gasteiger partial charge in [0.25, 0.3) is 0 Å². The zero-order chi connectivity index (χ0) is 17.6. The lowest BCUT2D eigenvalue weighted by atomic mass is 9.77. The monoisotopic (exact) mass is 339 g/mol. The van der Waals surface area contributed by atoms with Gasteiger partial charge in [0.15, 0.2) is 11.5 Å². The third kappa shape index (κ3) is 2.34. The van der Waals surface area contributed by atoms with Crippen LogP contribution in [-0.4, -0.2) is 32.3 Å². The number of amides is 1. The molecule has 2 aromatic carbocycles. The summed E-state index contributed by atoms with van der Waals surface area (Å²) in [4.78, 5) is 14.4. The molecular weight excluding hydrogens is 318 g/mol. The third-order valence-electron chi connectivity index (χ3n) is 5.30. The Balaban J connectivity index is 1.89. The molecule has 2 atom stereocenters. The van der Waals surface area contributed by atoms with Gasteiger partial charge in [-0.2, -0.15) is 0 Å². The first-order valence-electron chi connectivity index (χ1n) is 8.36. The van der Waals surface area contributed by atoms with Gasteiger partial charge in [-0.1, -0.05) is 24.3 Å². The fraction of sp³-hybridized carbons (Fsp3) is 0.350. The van der Waals surface area contributed by atoms with Gasteiger partial charge in [0.2, 0.25) is 0 Å². The highest BCUT2D eigenvalue weighted by atomic mass is 16.5. The number of rotatable bonds is 2. The number of carbonyl (C=O) groups is 1. The lowest BCUT2D eigenvalue weighted by Gasteiger charge is -2.47. The van der Waals surface area contributed by atoms with Gasteiger partial charge >= 0.3 is 6.09 Å². The Kier molecular flexibility index (Phi) is 3.79. The lowest BCUT2D eigenvalue weighted by Crippen LogP contribution is -2.46. The van der Waals surface area contributed by atoms with Crippen LogP contribution in [-0.2, 0) is 17.6 Å². The minimum atomic E-state index is -0.287. The molecule has 0 radical (unpaired) electrons. The molecule has 2 aliphatic rings. The smallest absolute Gasteiger partial charge is 0.410 e. The first-order valence-corrected chi connectivity index (χ1v) is 8.36. The number of hydrogen-bond acceptors (Lipinski definition) is 4. The molecule has 0 saturated carbocycles. The maximum Gasteiger partial charge on any atom is 0.410 e. The van der Waals surface area contributed by atoms with Crippen LogP contribution in [0.2, 0.25) is 0 Å². The molecule has 5 heteroatoms. The van der Waals surface area contributed by atoms with Gasteiger partial charge in [-0.15, -0.1) is 0 Å².